The van der Waals surface area contributed by atoms with Crippen molar-refractivity contribution in [2.24, 2.45) is 0 Å². The van der Waals surface area contributed by atoms with Crippen molar-refractivity contribution in [2.75, 3.05) is 22.7 Å². The standard InChI is InChI=1S/C17H18ClN3O4S/c18-13-4-6-14(7-5-13)19-26(24,25)17-12-15(21(22)23)8-9-16(17)20-10-2-1-3-11-20/h4-9,12,19H,1-3,10-11H2. The van der Waals surface area contributed by atoms with Gasteiger partial charge in [0.25, 0.3) is 15.7 Å². The highest BCUT2D eigenvalue weighted by Crippen LogP contribution is 2.32. The van der Waals surface area contributed by atoms with Crippen LogP contribution in [0.5, 0.6) is 0 Å². The number of hydrogen-bond donors (Lipinski definition) is 1. The van der Waals surface area contributed by atoms with Crippen molar-refractivity contribution in [1.82, 2.24) is 0 Å². The third kappa shape index (κ3) is 4.08. The Morgan fingerprint density at radius 1 is 1.04 bits per heavy atom. The highest BCUT2D eigenvalue weighted by atomic mass is 35.5. The second kappa shape index (κ2) is 7.51. The Morgan fingerprint density at radius 3 is 2.31 bits per heavy atom. The smallest absolute Gasteiger partial charge is 0.270 e. The zero-order valence-electron chi connectivity index (χ0n) is 13.9. The number of piperidine rings is 1. The first-order valence-corrected chi connectivity index (χ1v) is 10.0. The number of hydrogen-bond acceptors (Lipinski definition) is 5. The molecule has 0 aliphatic carbocycles. The molecule has 0 amide bonds. The number of nitro benzene ring substituents is 1. The monoisotopic (exact) mass is 395 g/mol. The molecule has 1 aliphatic heterocycles. The quantitative estimate of drug-likeness (QED) is 0.609. The van der Waals surface area contributed by atoms with Crippen LogP contribution in [0.1, 0.15) is 19.3 Å². The zero-order valence-corrected chi connectivity index (χ0v) is 15.5. The Balaban J connectivity index is 2.02. The Labute approximate surface area is 156 Å². The number of rotatable bonds is 5. The number of nitrogens with zero attached hydrogens (tertiary/aromatic N) is 2. The van der Waals surface area contributed by atoms with Gasteiger partial charge in [0.2, 0.25) is 0 Å². The molecule has 0 saturated carbocycles. The maximum absolute atomic E-state index is 12.9. The topological polar surface area (TPSA) is 92.6 Å². The fourth-order valence-corrected chi connectivity index (χ4v) is 4.39. The van der Waals surface area contributed by atoms with E-state index in [1.54, 1.807) is 12.1 Å². The molecule has 3 rings (SSSR count). The van der Waals surface area contributed by atoms with Gasteiger partial charge in [-0.2, -0.15) is 0 Å². The van der Waals surface area contributed by atoms with Gasteiger partial charge in [0.05, 0.1) is 10.6 Å². The fourth-order valence-electron chi connectivity index (χ4n) is 2.96. The SMILES string of the molecule is O=[N+]([O-])c1ccc(N2CCCCC2)c(S(=O)(=O)Nc2ccc(Cl)cc2)c1. The average Bonchev–Trinajstić information content (AvgIpc) is 2.63. The lowest BCUT2D eigenvalue weighted by Gasteiger charge is -2.30. The molecule has 0 aromatic heterocycles. The molecular weight excluding hydrogens is 378 g/mol. The molecule has 0 bridgehead atoms. The Kier molecular flexibility index (Phi) is 5.33. The minimum atomic E-state index is -4.00. The molecule has 0 atom stereocenters. The molecule has 1 N–H and O–H groups in total. The van der Waals surface area contributed by atoms with Crippen LogP contribution >= 0.6 is 11.6 Å². The minimum Gasteiger partial charge on any atom is -0.370 e. The van der Waals surface area contributed by atoms with Gasteiger partial charge in [-0.15, -0.1) is 0 Å². The number of halogens is 1. The van der Waals surface area contributed by atoms with Crippen molar-refractivity contribution in [1.29, 1.82) is 0 Å². The minimum absolute atomic E-state index is 0.0939. The number of nitro groups is 1. The lowest BCUT2D eigenvalue weighted by molar-refractivity contribution is -0.385. The van der Waals surface area contributed by atoms with E-state index in [4.69, 9.17) is 11.6 Å². The average molecular weight is 396 g/mol. The molecule has 0 unspecified atom stereocenters. The summed E-state index contributed by atoms with van der Waals surface area (Å²) in [4.78, 5) is 12.4. The number of nitrogens with one attached hydrogen (secondary N) is 1. The van der Waals surface area contributed by atoms with E-state index in [0.29, 0.717) is 16.4 Å². The van der Waals surface area contributed by atoms with Gasteiger partial charge >= 0.3 is 0 Å². The predicted molar refractivity (Wildman–Crippen MR) is 101 cm³/mol. The molecule has 1 saturated heterocycles. The number of non-ortho nitro benzene ring substituents is 1. The summed E-state index contributed by atoms with van der Waals surface area (Å²) < 4.78 is 28.3. The van der Waals surface area contributed by atoms with Crippen molar-refractivity contribution < 1.29 is 13.3 Å². The van der Waals surface area contributed by atoms with Gasteiger partial charge < -0.3 is 4.90 Å². The molecule has 2 aromatic rings. The molecule has 138 valence electrons. The van der Waals surface area contributed by atoms with E-state index in [0.717, 1.165) is 38.4 Å². The summed E-state index contributed by atoms with van der Waals surface area (Å²) in [5, 5.41) is 11.6. The van der Waals surface area contributed by atoms with Gasteiger partial charge in [-0.1, -0.05) is 11.6 Å². The molecule has 0 radical (unpaired) electrons. The summed E-state index contributed by atoms with van der Waals surface area (Å²) in [6, 6.07) is 10.2. The highest BCUT2D eigenvalue weighted by molar-refractivity contribution is 7.92. The Hall–Kier alpha value is -2.32. The van der Waals surface area contributed by atoms with Crippen molar-refractivity contribution in [3.8, 4) is 0 Å². The van der Waals surface area contributed by atoms with E-state index < -0.39 is 14.9 Å². The number of sulfonamides is 1. The second-order valence-electron chi connectivity index (χ2n) is 6.07. The largest absolute Gasteiger partial charge is 0.370 e. The normalized spacial score (nSPS) is 14.9. The highest BCUT2D eigenvalue weighted by Gasteiger charge is 2.26. The van der Waals surface area contributed by atoms with E-state index in [-0.39, 0.29) is 10.6 Å². The first-order valence-electron chi connectivity index (χ1n) is 8.18. The maximum atomic E-state index is 12.9. The number of anilines is 2. The van der Waals surface area contributed by atoms with E-state index in [1.165, 1.54) is 24.3 Å². The summed E-state index contributed by atoms with van der Waals surface area (Å²) >= 11 is 5.82. The van der Waals surface area contributed by atoms with Crippen LogP contribution in [0.4, 0.5) is 17.1 Å². The van der Waals surface area contributed by atoms with Crippen molar-refractivity contribution in [3.63, 3.8) is 0 Å². The van der Waals surface area contributed by atoms with Crippen molar-refractivity contribution in [2.45, 2.75) is 24.2 Å². The predicted octanol–water partition coefficient (Wildman–Crippen LogP) is 4.04. The van der Waals surface area contributed by atoms with Gasteiger partial charge in [-0.05, 0) is 49.6 Å². The van der Waals surface area contributed by atoms with Crippen LogP contribution < -0.4 is 9.62 Å². The van der Waals surface area contributed by atoms with Gasteiger partial charge in [0.1, 0.15) is 4.90 Å². The fraction of sp³-hybridized carbons (Fsp3) is 0.294. The molecule has 1 fully saturated rings. The van der Waals surface area contributed by atoms with Crippen LogP contribution in [0.15, 0.2) is 47.4 Å². The second-order valence-corrected chi connectivity index (χ2v) is 8.16. The Morgan fingerprint density at radius 2 is 1.69 bits per heavy atom. The maximum Gasteiger partial charge on any atom is 0.270 e. The van der Waals surface area contributed by atoms with E-state index in [2.05, 4.69) is 4.72 Å². The summed E-state index contributed by atoms with van der Waals surface area (Å²) in [7, 11) is -4.00. The molecule has 7 nitrogen and oxygen atoms in total. The lowest BCUT2D eigenvalue weighted by atomic mass is 10.1. The van der Waals surface area contributed by atoms with Gasteiger partial charge in [0, 0.05) is 35.9 Å². The van der Waals surface area contributed by atoms with Gasteiger partial charge in [0.15, 0.2) is 0 Å². The van der Waals surface area contributed by atoms with Crippen LogP contribution in [0, 0.1) is 10.1 Å². The molecule has 1 aliphatic rings. The van der Waals surface area contributed by atoms with E-state index >= 15 is 0 Å². The third-order valence-electron chi connectivity index (χ3n) is 4.24. The van der Waals surface area contributed by atoms with Crippen LogP contribution in [0.3, 0.4) is 0 Å². The van der Waals surface area contributed by atoms with Crippen molar-refractivity contribution in [3.05, 3.63) is 57.6 Å². The summed E-state index contributed by atoms with van der Waals surface area (Å²) in [6.45, 7) is 1.45. The van der Waals surface area contributed by atoms with Gasteiger partial charge in [-0.25, -0.2) is 8.42 Å². The zero-order chi connectivity index (χ0) is 18.7. The summed E-state index contributed by atoms with van der Waals surface area (Å²) in [5.74, 6) is 0. The van der Waals surface area contributed by atoms with E-state index in [9.17, 15) is 18.5 Å². The van der Waals surface area contributed by atoms with Crippen LogP contribution in [0.2, 0.25) is 5.02 Å². The number of benzene rings is 2. The third-order valence-corrected chi connectivity index (χ3v) is 5.90. The summed E-state index contributed by atoms with van der Waals surface area (Å²) in [5.41, 5.74) is 0.560. The summed E-state index contributed by atoms with van der Waals surface area (Å²) in [6.07, 6.45) is 3.01. The molecular formula is C17H18ClN3O4S. The van der Waals surface area contributed by atoms with Crippen LogP contribution in [-0.2, 0) is 10.0 Å². The Bertz CT molecular complexity index is 910. The van der Waals surface area contributed by atoms with E-state index in [1.807, 2.05) is 4.90 Å². The molecule has 26 heavy (non-hydrogen) atoms. The molecule has 2 aromatic carbocycles. The lowest BCUT2D eigenvalue weighted by Crippen LogP contribution is -2.31. The molecule has 0 spiro atoms. The van der Waals surface area contributed by atoms with Crippen LogP contribution in [0.25, 0.3) is 0 Å². The first-order chi connectivity index (χ1) is 12.4. The molecule has 1 heterocycles. The van der Waals surface area contributed by atoms with Crippen LogP contribution in [-0.4, -0.2) is 26.4 Å². The first kappa shape index (κ1) is 18.5. The van der Waals surface area contributed by atoms with Gasteiger partial charge in [-0.3, -0.25) is 14.8 Å². The van der Waals surface area contributed by atoms with Crippen molar-refractivity contribution >= 4 is 38.7 Å². The molecule has 9 heteroatoms.